The number of carbonyl (C=O) groups is 1. The Labute approximate surface area is 119 Å². The zero-order valence-corrected chi connectivity index (χ0v) is 11.9. The Balaban J connectivity index is 1.73. The molecule has 108 valence electrons. The van der Waals surface area contributed by atoms with Crippen LogP contribution in [0.4, 0.5) is 0 Å². The zero-order valence-electron chi connectivity index (χ0n) is 11.9. The highest BCUT2D eigenvalue weighted by Crippen LogP contribution is 2.46. The summed E-state index contributed by atoms with van der Waals surface area (Å²) in [6.45, 7) is 0. The second-order valence-corrected chi connectivity index (χ2v) is 5.72. The van der Waals surface area contributed by atoms with Crippen LogP contribution in [0.5, 0.6) is 11.5 Å². The molecule has 1 aromatic rings. The molecular formula is C16H20O4. The highest BCUT2D eigenvalue weighted by molar-refractivity contribution is 5.90. The van der Waals surface area contributed by atoms with Crippen molar-refractivity contribution in [1.29, 1.82) is 0 Å². The van der Waals surface area contributed by atoms with Gasteiger partial charge in [-0.1, -0.05) is 0 Å². The summed E-state index contributed by atoms with van der Waals surface area (Å²) in [5.41, 5.74) is 0.490. The normalized spacial score (nSPS) is 27.4. The summed E-state index contributed by atoms with van der Waals surface area (Å²) in [4.78, 5) is 12.3. The van der Waals surface area contributed by atoms with Crippen LogP contribution >= 0.6 is 0 Å². The van der Waals surface area contributed by atoms with Crippen molar-refractivity contribution in [2.45, 2.75) is 31.8 Å². The summed E-state index contributed by atoms with van der Waals surface area (Å²) in [7, 11) is 3.14. The zero-order chi connectivity index (χ0) is 14.1. The van der Waals surface area contributed by atoms with Crippen LogP contribution in [0.25, 0.3) is 0 Å². The Bertz CT molecular complexity index is 489. The average molecular weight is 276 g/mol. The molecular weight excluding hydrogens is 256 g/mol. The van der Waals surface area contributed by atoms with Crippen molar-refractivity contribution in [2.75, 3.05) is 14.2 Å². The van der Waals surface area contributed by atoms with E-state index in [1.807, 2.05) is 0 Å². The molecule has 2 aliphatic rings. The van der Waals surface area contributed by atoms with Crippen LogP contribution in [-0.4, -0.2) is 26.3 Å². The summed E-state index contributed by atoms with van der Waals surface area (Å²) < 4.78 is 16.0. The number of ether oxygens (including phenoxy) is 3. The van der Waals surface area contributed by atoms with Gasteiger partial charge in [-0.25, -0.2) is 4.79 Å². The molecule has 3 rings (SSSR count). The van der Waals surface area contributed by atoms with Crippen molar-refractivity contribution in [1.82, 2.24) is 0 Å². The van der Waals surface area contributed by atoms with Crippen LogP contribution in [-0.2, 0) is 4.74 Å². The Morgan fingerprint density at radius 1 is 1.05 bits per heavy atom. The fraction of sp³-hybridized carbons (Fsp3) is 0.562. The molecule has 1 aromatic carbocycles. The molecule has 0 aliphatic heterocycles. The van der Waals surface area contributed by atoms with E-state index in [2.05, 4.69) is 0 Å². The van der Waals surface area contributed by atoms with Crippen LogP contribution in [0, 0.1) is 11.8 Å². The number of hydrogen-bond acceptors (Lipinski definition) is 4. The van der Waals surface area contributed by atoms with Gasteiger partial charge in [0.2, 0.25) is 0 Å². The van der Waals surface area contributed by atoms with Crippen molar-refractivity contribution in [3.8, 4) is 11.5 Å². The quantitative estimate of drug-likeness (QED) is 0.793. The fourth-order valence-electron chi connectivity index (χ4n) is 3.46. The van der Waals surface area contributed by atoms with Crippen molar-refractivity contribution < 1.29 is 19.0 Å². The third-order valence-electron chi connectivity index (χ3n) is 4.52. The number of hydrogen-bond donors (Lipinski definition) is 0. The first-order chi connectivity index (χ1) is 9.69. The first kappa shape index (κ1) is 13.3. The summed E-state index contributed by atoms with van der Waals surface area (Å²) in [6.07, 6.45) is 4.84. The lowest BCUT2D eigenvalue weighted by Crippen LogP contribution is -2.24. The number of esters is 1. The van der Waals surface area contributed by atoms with Crippen LogP contribution < -0.4 is 9.47 Å². The van der Waals surface area contributed by atoms with Gasteiger partial charge in [-0.05, 0) is 49.7 Å². The lowest BCUT2D eigenvalue weighted by atomic mass is 9.98. The van der Waals surface area contributed by atoms with Crippen LogP contribution in [0.2, 0.25) is 0 Å². The molecule has 0 spiro atoms. The number of methoxy groups -OCH3 is 2. The third-order valence-corrected chi connectivity index (χ3v) is 4.52. The molecule has 0 radical (unpaired) electrons. The van der Waals surface area contributed by atoms with Crippen LogP contribution in [0.1, 0.15) is 36.0 Å². The molecule has 0 amide bonds. The molecule has 0 heterocycles. The van der Waals surface area contributed by atoms with E-state index in [1.165, 1.54) is 19.3 Å². The molecule has 3 unspecified atom stereocenters. The van der Waals surface area contributed by atoms with Gasteiger partial charge < -0.3 is 14.2 Å². The molecule has 3 atom stereocenters. The number of fused-ring (bicyclic) bond motifs is 2. The second kappa shape index (κ2) is 5.35. The summed E-state index contributed by atoms with van der Waals surface area (Å²) in [6, 6.07) is 5.13. The van der Waals surface area contributed by atoms with Crippen molar-refractivity contribution >= 4 is 5.97 Å². The van der Waals surface area contributed by atoms with Crippen molar-refractivity contribution in [3.05, 3.63) is 23.8 Å². The minimum atomic E-state index is -0.278. The molecule has 2 bridgehead atoms. The number of rotatable bonds is 4. The number of benzene rings is 1. The lowest BCUT2D eigenvalue weighted by molar-refractivity contribution is 0.0158. The molecule has 2 saturated carbocycles. The Morgan fingerprint density at radius 3 is 2.25 bits per heavy atom. The maximum atomic E-state index is 12.3. The number of carbonyl (C=O) groups excluding carboxylic acids is 1. The fourth-order valence-corrected chi connectivity index (χ4v) is 3.46. The molecule has 2 aliphatic carbocycles. The minimum absolute atomic E-state index is 0.0958. The Morgan fingerprint density at radius 2 is 1.75 bits per heavy atom. The predicted molar refractivity (Wildman–Crippen MR) is 74.2 cm³/mol. The van der Waals surface area contributed by atoms with E-state index in [1.54, 1.807) is 32.4 Å². The van der Waals surface area contributed by atoms with E-state index in [9.17, 15) is 4.79 Å². The minimum Gasteiger partial charge on any atom is -0.497 e. The van der Waals surface area contributed by atoms with E-state index in [-0.39, 0.29) is 12.1 Å². The predicted octanol–water partition coefficient (Wildman–Crippen LogP) is 3.05. The summed E-state index contributed by atoms with van der Waals surface area (Å²) in [5, 5.41) is 0. The van der Waals surface area contributed by atoms with E-state index in [0.717, 1.165) is 12.3 Å². The first-order valence-corrected chi connectivity index (χ1v) is 7.13. The van der Waals surface area contributed by atoms with Gasteiger partial charge in [0.1, 0.15) is 17.6 Å². The maximum Gasteiger partial charge on any atom is 0.338 e. The molecule has 20 heavy (non-hydrogen) atoms. The molecule has 0 saturated heterocycles. The van der Waals surface area contributed by atoms with Crippen molar-refractivity contribution in [3.63, 3.8) is 0 Å². The van der Waals surface area contributed by atoms with Crippen molar-refractivity contribution in [2.24, 2.45) is 11.8 Å². The third kappa shape index (κ3) is 2.47. The molecule has 2 fully saturated rings. The smallest absolute Gasteiger partial charge is 0.338 e. The molecule has 4 nitrogen and oxygen atoms in total. The van der Waals surface area contributed by atoms with Gasteiger partial charge in [0.05, 0.1) is 19.8 Å². The lowest BCUT2D eigenvalue weighted by Gasteiger charge is -2.22. The topological polar surface area (TPSA) is 44.8 Å². The van der Waals surface area contributed by atoms with Gasteiger partial charge in [-0.2, -0.15) is 0 Å². The Hall–Kier alpha value is -1.71. The van der Waals surface area contributed by atoms with E-state index < -0.39 is 0 Å². The van der Waals surface area contributed by atoms with E-state index in [4.69, 9.17) is 14.2 Å². The molecule has 4 heteroatoms. The second-order valence-electron chi connectivity index (χ2n) is 5.72. The first-order valence-electron chi connectivity index (χ1n) is 7.13. The summed E-state index contributed by atoms with van der Waals surface area (Å²) in [5.74, 6) is 2.25. The summed E-state index contributed by atoms with van der Waals surface area (Å²) >= 11 is 0. The van der Waals surface area contributed by atoms with Gasteiger partial charge in [0, 0.05) is 6.07 Å². The maximum absolute atomic E-state index is 12.3. The van der Waals surface area contributed by atoms with Crippen LogP contribution in [0.3, 0.4) is 0 Å². The van der Waals surface area contributed by atoms with Crippen LogP contribution in [0.15, 0.2) is 18.2 Å². The Kier molecular flexibility index (Phi) is 3.55. The largest absolute Gasteiger partial charge is 0.497 e. The van der Waals surface area contributed by atoms with Gasteiger partial charge in [-0.15, -0.1) is 0 Å². The SMILES string of the molecule is COc1cc(OC)cc(C(=O)OC2CC3CCC2C3)c1. The van der Waals surface area contributed by atoms with E-state index in [0.29, 0.717) is 23.0 Å². The highest BCUT2D eigenvalue weighted by Gasteiger charge is 2.41. The molecule has 0 N–H and O–H groups in total. The van der Waals surface area contributed by atoms with Gasteiger partial charge in [-0.3, -0.25) is 0 Å². The van der Waals surface area contributed by atoms with Gasteiger partial charge >= 0.3 is 5.97 Å². The standard InChI is InChI=1S/C16H20O4/c1-18-13-7-12(8-14(9-13)19-2)16(17)20-15-6-10-3-4-11(15)5-10/h7-11,15H,3-6H2,1-2H3. The average Bonchev–Trinajstić information content (AvgIpc) is 3.09. The van der Waals surface area contributed by atoms with E-state index >= 15 is 0 Å². The van der Waals surface area contributed by atoms with Gasteiger partial charge in [0.25, 0.3) is 0 Å². The van der Waals surface area contributed by atoms with Gasteiger partial charge in [0.15, 0.2) is 0 Å². The molecule has 0 aromatic heterocycles. The highest BCUT2D eigenvalue weighted by atomic mass is 16.5. The monoisotopic (exact) mass is 276 g/mol.